The highest BCUT2D eigenvalue weighted by Crippen LogP contribution is 1.80. The zero-order chi connectivity index (χ0) is 12.5. The van der Waals surface area contributed by atoms with Crippen molar-refractivity contribution in [2.24, 2.45) is 0 Å². The molecule has 0 unspecified atom stereocenters. The van der Waals surface area contributed by atoms with Crippen LogP contribution in [0.15, 0.2) is 72.8 Å². The number of terminal acetylenes is 2. The Kier molecular flexibility index (Phi) is 18.4. The monoisotopic (exact) mass is 208 g/mol. The quantitative estimate of drug-likeness (QED) is 0.576. The van der Waals surface area contributed by atoms with Gasteiger partial charge in [-0.1, -0.05) is 72.8 Å². The Morgan fingerprint density at radius 2 is 0.312 bits per heavy atom. The van der Waals surface area contributed by atoms with E-state index >= 15 is 0 Å². The van der Waals surface area contributed by atoms with E-state index in [1.165, 1.54) is 0 Å². The summed E-state index contributed by atoms with van der Waals surface area (Å²) in [6, 6.07) is 24.0. The second-order valence-electron chi connectivity index (χ2n) is 2.31. The van der Waals surface area contributed by atoms with Crippen molar-refractivity contribution >= 4 is 0 Å². The zero-order valence-electron chi connectivity index (χ0n) is 9.24. The predicted octanol–water partition coefficient (Wildman–Crippen LogP) is 3.87. The fourth-order valence-corrected chi connectivity index (χ4v) is 0.770. The van der Waals surface area contributed by atoms with Crippen LogP contribution in [0.1, 0.15) is 0 Å². The van der Waals surface area contributed by atoms with Crippen molar-refractivity contribution in [3.8, 4) is 25.7 Å². The molecule has 0 aliphatic heterocycles. The minimum Gasteiger partial charge on any atom is -0.124 e. The second-order valence-corrected chi connectivity index (χ2v) is 2.31. The molecule has 0 saturated carbocycles. The van der Waals surface area contributed by atoms with E-state index in [-0.39, 0.29) is 0 Å². The molecule has 0 aliphatic rings. The van der Waals surface area contributed by atoms with Gasteiger partial charge in [0.25, 0.3) is 0 Å². The Morgan fingerprint density at radius 1 is 0.250 bits per heavy atom. The molecule has 16 heavy (non-hydrogen) atoms. The molecule has 0 aliphatic carbocycles. The molecule has 2 aromatic rings. The molecular formula is C16H16. The summed E-state index contributed by atoms with van der Waals surface area (Å²) in [5.74, 6) is 0. The smallest absolute Gasteiger partial charge is 0.0623 e. The summed E-state index contributed by atoms with van der Waals surface area (Å²) in [4.78, 5) is 0. The molecule has 80 valence electrons. The number of benzene rings is 2. The summed E-state index contributed by atoms with van der Waals surface area (Å²) in [6.07, 6.45) is 16.0. The standard InChI is InChI=1S/2C6H6.2C2H2/c2*1-2-4-6-5-3-1;2*1-2/h2*1-6H;2*1-2H. The van der Waals surface area contributed by atoms with Crippen LogP contribution in [-0.2, 0) is 0 Å². The normalized spacial score (nSPS) is 6.25. The van der Waals surface area contributed by atoms with E-state index in [4.69, 9.17) is 0 Å². The first kappa shape index (κ1) is 16.0. The van der Waals surface area contributed by atoms with Crippen molar-refractivity contribution in [2.75, 3.05) is 0 Å². The summed E-state index contributed by atoms with van der Waals surface area (Å²) in [5.41, 5.74) is 0. The molecular weight excluding hydrogens is 192 g/mol. The number of hydrogen-bond acceptors (Lipinski definition) is 0. The van der Waals surface area contributed by atoms with Gasteiger partial charge in [-0.05, 0) is 0 Å². The molecule has 0 spiro atoms. The lowest BCUT2D eigenvalue weighted by atomic mass is 10.4. The Balaban J connectivity index is 0. The second kappa shape index (κ2) is 18.4. The lowest BCUT2D eigenvalue weighted by molar-refractivity contribution is 1.72. The Morgan fingerprint density at radius 3 is 0.375 bits per heavy atom. The van der Waals surface area contributed by atoms with Crippen LogP contribution in [0.3, 0.4) is 0 Å². The molecule has 0 N–H and O–H groups in total. The molecule has 0 aromatic heterocycles. The van der Waals surface area contributed by atoms with E-state index < -0.39 is 0 Å². The van der Waals surface area contributed by atoms with Gasteiger partial charge >= 0.3 is 0 Å². The topological polar surface area (TPSA) is 0 Å². The van der Waals surface area contributed by atoms with Gasteiger partial charge in [-0.3, -0.25) is 0 Å². The van der Waals surface area contributed by atoms with E-state index in [0.29, 0.717) is 0 Å². The van der Waals surface area contributed by atoms with Gasteiger partial charge in [0.1, 0.15) is 0 Å². The summed E-state index contributed by atoms with van der Waals surface area (Å²) < 4.78 is 0. The zero-order valence-corrected chi connectivity index (χ0v) is 9.24. The molecule has 0 heteroatoms. The fraction of sp³-hybridized carbons (Fsp3) is 0. The highest BCUT2D eigenvalue weighted by molar-refractivity contribution is 4.99. The highest BCUT2D eigenvalue weighted by Gasteiger charge is 1.58. The summed E-state index contributed by atoms with van der Waals surface area (Å²) in [6.45, 7) is 0. The van der Waals surface area contributed by atoms with E-state index in [2.05, 4.69) is 25.7 Å². The fourth-order valence-electron chi connectivity index (χ4n) is 0.770. The summed E-state index contributed by atoms with van der Waals surface area (Å²) >= 11 is 0. The van der Waals surface area contributed by atoms with E-state index in [9.17, 15) is 0 Å². The van der Waals surface area contributed by atoms with Crippen LogP contribution in [0.5, 0.6) is 0 Å². The molecule has 0 radical (unpaired) electrons. The van der Waals surface area contributed by atoms with Crippen molar-refractivity contribution in [1.29, 1.82) is 0 Å². The molecule has 2 aromatic carbocycles. The summed E-state index contributed by atoms with van der Waals surface area (Å²) in [5, 5.41) is 0. The van der Waals surface area contributed by atoms with Crippen LogP contribution in [-0.4, -0.2) is 0 Å². The minimum absolute atomic E-state index is 2.00. The maximum absolute atomic E-state index is 4.00. The van der Waals surface area contributed by atoms with Gasteiger partial charge in [0.05, 0.1) is 0 Å². The Bertz CT molecular complexity index is 239. The molecule has 0 heterocycles. The molecule has 0 saturated heterocycles. The first-order chi connectivity index (χ1) is 8.00. The van der Waals surface area contributed by atoms with Crippen LogP contribution in [0.4, 0.5) is 0 Å². The molecule has 0 atom stereocenters. The maximum atomic E-state index is 4.00. The van der Waals surface area contributed by atoms with Crippen molar-refractivity contribution < 1.29 is 0 Å². The van der Waals surface area contributed by atoms with Crippen molar-refractivity contribution in [3.05, 3.63) is 72.8 Å². The van der Waals surface area contributed by atoms with Crippen molar-refractivity contribution in [3.63, 3.8) is 0 Å². The predicted molar refractivity (Wildman–Crippen MR) is 72.7 cm³/mol. The molecule has 0 fully saturated rings. The first-order valence-corrected chi connectivity index (χ1v) is 4.67. The average molecular weight is 208 g/mol. The number of hydrogen-bond donors (Lipinski definition) is 0. The van der Waals surface area contributed by atoms with Gasteiger partial charge in [0.15, 0.2) is 0 Å². The molecule has 2 rings (SSSR count). The van der Waals surface area contributed by atoms with Gasteiger partial charge in [-0.25, -0.2) is 0 Å². The minimum atomic E-state index is 2.00. The van der Waals surface area contributed by atoms with Crippen LogP contribution in [0, 0.1) is 25.7 Å². The SMILES string of the molecule is C#C.C#C.c1ccccc1.c1ccccc1. The Labute approximate surface area is 99.0 Å². The van der Waals surface area contributed by atoms with Crippen molar-refractivity contribution in [2.45, 2.75) is 0 Å². The third kappa shape index (κ3) is 14.1. The maximum Gasteiger partial charge on any atom is -0.0623 e. The third-order valence-electron chi connectivity index (χ3n) is 1.33. The van der Waals surface area contributed by atoms with E-state index in [1.807, 2.05) is 72.8 Å². The average Bonchev–Trinajstić information content (AvgIpc) is 2.48. The molecule has 0 amide bonds. The highest BCUT2D eigenvalue weighted by atomic mass is 13.7. The van der Waals surface area contributed by atoms with Crippen LogP contribution in [0.2, 0.25) is 0 Å². The lowest BCUT2D eigenvalue weighted by Gasteiger charge is -1.69. The van der Waals surface area contributed by atoms with Gasteiger partial charge in [0.2, 0.25) is 0 Å². The molecule has 0 nitrogen and oxygen atoms in total. The first-order valence-electron chi connectivity index (χ1n) is 4.67. The summed E-state index contributed by atoms with van der Waals surface area (Å²) in [7, 11) is 0. The van der Waals surface area contributed by atoms with Crippen LogP contribution < -0.4 is 0 Å². The third-order valence-corrected chi connectivity index (χ3v) is 1.33. The van der Waals surface area contributed by atoms with Gasteiger partial charge in [-0.2, -0.15) is 0 Å². The lowest BCUT2D eigenvalue weighted by Crippen LogP contribution is -1.47. The van der Waals surface area contributed by atoms with Gasteiger partial charge in [0, 0.05) is 0 Å². The van der Waals surface area contributed by atoms with E-state index in [0.717, 1.165) is 0 Å². The van der Waals surface area contributed by atoms with Crippen LogP contribution >= 0.6 is 0 Å². The van der Waals surface area contributed by atoms with E-state index in [1.54, 1.807) is 0 Å². The largest absolute Gasteiger partial charge is 0.124 e. The van der Waals surface area contributed by atoms with Gasteiger partial charge < -0.3 is 0 Å². The Hall–Kier alpha value is -2.44. The van der Waals surface area contributed by atoms with Gasteiger partial charge in [-0.15, -0.1) is 25.7 Å². The molecule has 0 bridgehead atoms. The number of rotatable bonds is 0. The van der Waals surface area contributed by atoms with Crippen molar-refractivity contribution in [1.82, 2.24) is 0 Å². The van der Waals surface area contributed by atoms with Crippen LogP contribution in [0.25, 0.3) is 0 Å².